The predicted molar refractivity (Wildman–Crippen MR) is 66.4 cm³/mol. The Bertz CT molecular complexity index is 498. The van der Waals surface area contributed by atoms with Crippen LogP contribution in [0, 0.1) is 0 Å². The lowest BCUT2D eigenvalue weighted by molar-refractivity contribution is 0.294. The fourth-order valence-electron chi connectivity index (χ4n) is 2.00. The molecule has 0 fully saturated rings. The molecule has 1 aromatic rings. The molecule has 5 heteroatoms. The number of aliphatic hydroxyl groups excluding tert-OH is 1. The van der Waals surface area contributed by atoms with E-state index in [0.717, 1.165) is 6.42 Å². The molecule has 0 aromatic heterocycles. The lowest BCUT2D eigenvalue weighted by Gasteiger charge is -2.30. The topological polar surface area (TPSA) is 66.4 Å². The molecular weight excluding hydrogens is 238 g/mol. The van der Waals surface area contributed by atoms with E-state index in [0.29, 0.717) is 6.54 Å². The van der Waals surface area contributed by atoms with Crippen molar-refractivity contribution in [3.8, 4) is 0 Å². The first-order chi connectivity index (χ1) is 8.04. The van der Waals surface area contributed by atoms with Crippen molar-refractivity contribution in [1.29, 1.82) is 0 Å². The van der Waals surface area contributed by atoms with E-state index in [4.69, 9.17) is 5.11 Å². The molecule has 2 unspecified atom stereocenters. The fourth-order valence-corrected chi connectivity index (χ4v) is 2.92. The van der Waals surface area contributed by atoms with E-state index in [1.165, 1.54) is 18.1 Å². The molecular formula is C12H17NO3S. The highest BCUT2D eigenvalue weighted by atomic mass is 32.2. The SMILES string of the molecule is CC(CO)S(=O)(=O)NCC1Cc2ccccc21. The number of sulfonamides is 1. The van der Waals surface area contributed by atoms with Crippen molar-refractivity contribution < 1.29 is 13.5 Å². The van der Waals surface area contributed by atoms with Crippen LogP contribution >= 0.6 is 0 Å². The van der Waals surface area contributed by atoms with Crippen LogP contribution < -0.4 is 4.72 Å². The first kappa shape index (κ1) is 12.5. The summed E-state index contributed by atoms with van der Waals surface area (Å²) in [6.07, 6.45) is 0.923. The van der Waals surface area contributed by atoms with Gasteiger partial charge >= 0.3 is 0 Å². The number of hydrogen-bond donors (Lipinski definition) is 2. The third kappa shape index (κ3) is 2.51. The molecule has 0 amide bonds. The molecule has 0 saturated carbocycles. The average molecular weight is 255 g/mol. The summed E-state index contributed by atoms with van der Waals surface area (Å²) < 4.78 is 25.9. The molecule has 1 aliphatic rings. The number of hydrogen-bond acceptors (Lipinski definition) is 3. The summed E-state index contributed by atoms with van der Waals surface area (Å²) in [4.78, 5) is 0. The maximum absolute atomic E-state index is 11.6. The fraction of sp³-hybridized carbons (Fsp3) is 0.500. The van der Waals surface area contributed by atoms with Crippen molar-refractivity contribution in [3.05, 3.63) is 35.4 Å². The lowest BCUT2D eigenvalue weighted by Crippen LogP contribution is -2.39. The zero-order chi connectivity index (χ0) is 12.5. The first-order valence-corrected chi connectivity index (χ1v) is 7.26. The van der Waals surface area contributed by atoms with Crippen LogP contribution in [0.4, 0.5) is 0 Å². The van der Waals surface area contributed by atoms with Crippen LogP contribution in [0.5, 0.6) is 0 Å². The molecule has 0 saturated heterocycles. The molecule has 0 heterocycles. The smallest absolute Gasteiger partial charge is 0.216 e. The normalized spacial score (nSPS) is 20.5. The average Bonchev–Trinajstić information content (AvgIpc) is 2.29. The van der Waals surface area contributed by atoms with Gasteiger partial charge in [-0.25, -0.2) is 13.1 Å². The molecule has 1 aliphatic carbocycles. The maximum Gasteiger partial charge on any atom is 0.216 e. The highest BCUT2D eigenvalue weighted by Gasteiger charge is 2.28. The molecule has 1 aromatic carbocycles. The minimum atomic E-state index is -3.38. The van der Waals surface area contributed by atoms with Gasteiger partial charge in [0, 0.05) is 12.5 Å². The third-order valence-corrected chi connectivity index (χ3v) is 5.06. The Balaban J connectivity index is 1.94. The van der Waals surface area contributed by atoms with E-state index in [1.54, 1.807) is 0 Å². The second-order valence-electron chi connectivity index (χ2n) is 4.49. The van der Waals surface area contributed by atoms with E-state index in [1.807, 2.05) is 18.2 Å². The van der Waals surface area contributed by atoms with Crippen LogP contribution in [0.3, 0.4) is 0 Å². The van der Waals surface area contributed by atoms with Gasteiger partial charge in [-0.3, -0.25) is 0 Å². The van der Waals surface area contributed by atoms with Crippen molar-refractivity contribution in [1.82, 2.24) is 4.72 Å². The molecule has 17 heavy (non-hydrogen) atoms. The van der Waals surface area contributed by atoms with Gasteiger partial charge in [0.1, 0.15) is 0 Å². The number of benzene rings is 1. The van der Waals surface area contributed by atoms with Gasteiger partial charge in [-0.05, 0) is 24.5 Å². The minimum Gasteiger partial charge on any atom is -0.395 e. The van der Waals surface area contributed by atoms with Gasteiger partial charge in [-0.15, -0.1) is 0 Å². The second kappa shape index (κ2) is 4.76. The van der Waals surface area contributed by atoms with Crippen molar-refractivity contribution in [2.24, 2.45) is 0 Å². The zero-order valence-electron chi connectivity index (χ0n) is 9.76. The minimum absolute atomic E-state index is 0.270. The van der Waals surface area contributed by atoms with Crippen molar-refractivity contribution >= 4 is 10.0 Å². The van der Waals surface area contributed by atoms with Crippen LogP contribution in [0.25, 0.3) is 0 Å². The summed E-state index contributed by atoms with van der Waals surface area (Å²) in [6.45, 7) is 1.57. The van der Waals surface area contributed by atoms with E-state index in [-0.39, 0.29) is 12.5 Å². The van der Waals surface area contributed by atoms with Crippen LogP contribution in [0.2, 0.25) is 0 Å². The Labute approximate surface area is 102 Å². The Morgan fingerprint density at radius 1 is 1.47 bits per heavy atom. The maximum atomic E-state index is 11.6. The van der Waals surface area contributed by atoms with Crippen molar-refractivity contribution in [3.63, 3.8) is 0 Å². The first-order valence-electron chi connectivity index (χ1n) is 5.71. The molecule has 0 bridgehead atoms. The molecule has 4 nitrogen and oxygen atoms in total. The van der Waals surface area contributed by atoms with E-state index in [2.05, 4.69) is 10.8 Å². The standard InChI is InChI=1S/C12H17NO3S/c1-9(8-14)17(15,16)13-7-11-6-10-4-2-3-5-12(10)11/h2-5,9,11,13-14H,6-8H2,1H3. The molecule has 2 N–H and O–H groups in total. The lowest BCUT2D eigenvalue weighted by atomic mass is 9.78. The van der Waals surface area contributed by atoms with Crippen LogP contribution in [0.15, 0.2) is 24.3 Å². The number of nitrogens with one attached hydrogen (secondary N) is 1. The molecule has 2 atom stereocenters. The summed E-state index contributed by atoms with van der Waals surface area (Å²) in [5.41, 5.74) is 2.53. The monoisotopic (exact) mass is 255 g/mol. The molecule has 2 rings (SSSR count). The van der Waals surface area contributed by atoms with Crippen LogP contribution in [-0.4, -0.2) is 31.9 Å². The van der Waals surface area contributed by atoms with E-state index >= 15 is 0 Å². The quantitative estimate of drug-likeness (QED) is 0.811. The van der Waals surface area contributed by atoms with Crippen LogP contribution in [0.1, 0.15) is 24.0 Å². The molecule has 94 valence electrons. The van der Waals surface area contributed by atoms with Gasteiger partial charge < -0.3 is 5.11 Å². The zero-order valence-corrected chi connectivity index (χ0v) is 10.6. The van der Waals surface area contributed by atoms with Crippen LogP contribution in [-0.2, 0) is 16.4 Å². The number of fused-ring (bicyclic) bond motifs is 1. The summed E-state index contributed by atoms with van der Waals surface area (Å²) >= 11 is 0. The summed E-state index contributed by atoms with van der Waals surface area (Å²) in [6, 6.07) is 8.06. The summed E-state index contributed by atoms with van der Waals surface area (Å²) in [5, 5.41) is 8.09. The van der Waals surface area contributed by atoms with E-state index in [9.17, 15) is 8.42 Å². The largest absolute Gasteiger partial charge is 0.395 e. The Hall–Kier alpha value is -0.910. The second-order valence-corrected chi connectivity index (χ2v) is 6.67. The van der Waals surface area contributed by atoms with Gasteiger partial charge in [-0.2, -0.15) is 0 Å². The van der Waals surface area contributed by atoms with Gasteiger partial charge in [0.25, 0.3) is 0 Å². The van der Waals surface area contributed by atoms with Gasteiger partial charge in [0.05, 0.1) is 11.9 Å². The predicted octanol–water partition coefficient (Wildman–Crippen LogP) is 0.626. The molecule has 0 aliphatic heterocycles. The van der Waals surface area contributed by atoms with Gasteiger partial charge in [0.15, 0.2) is 0 Å². The van der Waals surface area contributed by atoms with Crippen molar-refractivity contribution in [2.45, 2.75) is 24.5 Å². The highest BCUT2D eigenvalue weighted by Crippen LogP contribution is 2.34. The number of rotatable bonds is 5. The Kier molecular flexibility index (Phi) is 3.51. The third-order valence-electron chi connectivity index (χ3n) is 3.28. The summed E-state index contributed by atoms with van der Waals surface area (Å²) in [5.74, 6) is 0.270. The Morgan fingerprint density at radius 2 is 2.18 bits per heavy atom. The number of aliphatic hydroxyl groups is 1. The Morgan fingerprint density at radius 3 is 2.82 bits per heavy atom. The highest BCUT2D eigenvalue weighted by molar-refractivity contribution is 7.90. The van der Waals surface area contributed by atoms with Crippen molar-refractivity contribution in [2.75, 3.05) is 13.2 Å². The van der Waals surface area contributed by atoms with Gasteiger partial charge in [0.2, 0.25) is 10.0 Å². The molecule has 0 radical (unpaired) electrons. The molecule has 0 spiro atoms. The summed E-state index contributed by atoms with van der Waals surface area (Å²) in [7, 11) is -3.38. The van der Waals surface area contributed by atoms with E-state index < -0.39 is 15.3 Å². The van der Waals surface area contributed by atoms with Gasteiger partial charge in [-0.1, -0.05) is 24.3 Å².